The topological polar surface area (TPSA) is 21.7 Å². The van der Waals surface area contributed by atoms with Crippen molar-refractivity contribution in [2.45, 2.75) is 32.0 Å². The maximum atomic E-state index is 5.85. The van der Waals surface area contributed by atoms with Crippen molar-refractivity contribution in [1.82, 2.24) is 4.90 Å². The Hall–Kier alpha value is -2.28. The summed E-state index contributed by atoms with van der Waals surface area (Å²) < 4.78 is 11.4. The van der Waals surface area contributed by atoms with Gasteiger partial charge in [-0.05, 0) is 36.1 Å². The van der Waals surface area contributed by atoms with E-state index in [0.29, 0.717) is 12.7 Å². The highest BCUT2D eigenvalue weighted by molar-refractivity contribution is 5.29. The van der Waals surface area contributed by atoms with Crippen molar-refractivity contribution in [3.63, 3.8) is 0 Å². The maximum absolute atomic E-state index is 5.85. The van der Waals surface area contributed by atoms with E-state index in [1.54, 1.807) is 0 Å². The van der Waals surface area contributed by atoms with Crippen LogP contribution in [0, 0.1) is 12.3 Å². The van der Waals surface area contributed by atoms with E-state index in [4.69, 9.17) is 15.9 Å². The van der Waals surface area contributed by atoms with Crippen LogP contribution in [0.4, 0.5) is 0 Å². The Morgan fingerprint density at radius 3 is 2.64 bits per heavy atom. The number of ether oxygens (including phenoxy) is 2. The minimum Gasteiger partial charge on any atom is -0.481 e. The highest BCUT2D eigenvalue weighted by Gasteiger charge is 2.19. The molecule has 1 fully saturated rings. The molecule has 3 rings (SSSR count). The van der Waals surface area contributed by atoms with Gasteiger partial charge in [0.05, 0.1) is 6.10 Å². The van der Waals surface area contributed by atoms with E-state index in [9.17, 15) is 0 Å². The molecule has 0 saturated carbocycles. The third-order valence-corrected chi connectivity index (χ3v) is 4.36. The van der Waals surface area contributed by atoms with Gasteiger partial charge in [0.1, 0.15) is 12.4 Å². The summed E-state index contributed by atoms with van der Waals surface area (Å²) in [5.74, 6) is 3.33. The molecular weight excluding hydrogens is 310 g/mol. The quantitative estimate of drug-likeness (QED) is 0.683. The van der Waals surface area contributed by atoms with E-state index in [2.05, 4.69) is 53.3 Å². The van der Waals surface area contributed by atoms with Crippen molar-refractivity contribution in [3.8, 4) is 18.1 Å². The zero-order valence-electron chi connectivity index (χ0n) is 14.6. The van der Waals surface area contributed by atoms with E-state index in [1.165, 1.54) is 17.5 Å². The van der Waals surface area contributed by atoms with Crippen molar-refractivity contribution >= 4 is 0 Å². The lowest BCUT2D eigenvalue weighted by Crippen LogP contribution is -2.31. The molecule has 1 aliphatic rings. The maximum Gasteiger partial charge on any atom is 0.148 e. The molecule has 0 aliphatic carbocycles. The van der Waals surface area contributed by atoms with E-state index in [1.807, 2.05) is 12.1 Å². The molecular formula is C22H25NO2. The van der Waals surface area contributed by atoms with Crippen molar-refractivity contribution in [2.24, 2.45) is 0 Å². The van der Waals surface area contributed by atoms with Gasteiger partial charge in [-0.3, -0.25) is 4.90 Å². The Balaban J connectivity index is 1.68. The zero-order chi connectivity index (χ0) is 17.3. The van der Waals surface area contributed by atoms with Crippen molar-refractivity contribution in [2.75, 3.05) is 19.8 Å². The van der Waals surface area contributed by atoms with Crippen LogP contribution in [0.3, 0.4) is 0 Å². The summed E-state index contributed by atoms with van der Waals surface area (Å²) in [4.78, 5) is 2.45. The lowest BCUT2D eigenvalue weighted by molar-refractivity contribution is 0.0679. The van der Waals surface area contributed by atoms with Gasteiger partial charge in [-0.15, -0.1) is 6.42 Å². The predicted octanol–water partition coefficient (Wildman–Crippen LogP) is 3.88. The molecule has 0 amide bonds. The summed E-state index contributed by atoms with van der Waals surface area (Å²) in [5.41, 5.74) is 2.55. The molecule has 0 radical (unpaired) electrons. The van der Waals surface area contributed by atoms with Crippen molar-refractivity contribution in [3.05, 3.63) is 65.7 Å². The van der Waals surface area contributed by atoms with Crippen molar-refractivity contribution in [1.29, 1.82) is 0 Å². The highest BCUT2D eigenvalue weighted by Crippen LogP contribution is 2.19. The molecule has 3 nitrogen and oxygen atoms in total. The van der Waals surface area contributed by atoms with E-state index in [0.717, 1.165) is 38.4 Å². The highest BCUT2D eigenvalue weighted by atomic mass is 16.5. The fourth-order valence-corrected chi connectivity index (χ4v) is 3.22. The van der Waals surface area contributed by atoms with Crippen LogP contribution in [0.5, 0.6) is 5.75 Å². The van der Waals surface area contributed by atoms with Gasteiger partial charge < -0.3 is 9.47 Å². The first-order valence-corrected chi connectivity index (χ1v) is 8.86. The second-order valence-corrected chi connectivity index (χ2v) is 6.43. The fraction of sp³-hybridized carbons (Fsp3) is 0.364. The van der Waals surface area contributed by atoms with Gasteiger partial charge in [0.2, 0.25) is 0 Å². The third kappa shape index (κ3) is 5.63. The molecule has 1 saturated heterocycles. The largest absolute Gasteiger partial charge is 0.481 e. The number of benzene rings is 2. The van der Waals surface area contributed by atoms with Crippen LogP contribution < -0.4 is 4.74 Å². The Labute approximate surface area is 150 Å². The van der Waals surface area contributed by atoms with E-state index in [-0.39, 0.29) is 0 Å². The molecule has 1 unspecified atom stereocenters. The molecule has 1 aliphatic heterocycles. The smallest absolute Gasteiger partial charge is 0.148 e. The lowest BCUT2D eigenvalue weighted by atomic mass is 10.1. The molecule has 0 aromatic heterocycles. The first kappa shape index (κ1) is 17.5. The fourth-order valence-electron chi connectivity index (χ4n) is 3.22. The summed E-state index contributed by atoms with van der Waals surface area (Å²) in [6, 6.07) is 18.8. The molecule has 3 heteroatoms. The zero-order valence-corrected chi connectivity index (χ0v) is 14.6. The van der Waals surface area contributed by atoms with Gasteiger partial charge in [0, 0.05) is 26.2 Å². The minimum atomic E-state index is 0.299. The van der Waals surface area contributed by atoms with Gasteiger partial charge in [-0.25, -0.2) is 0 Å². The molecule has 130 valence electrons. The average molecular weight is 335 g/mol. The Morgan fingerprint density at radius 2 is 1.88 bits per heavy atom. The molecule has 2 aromatic rings. The SMILES string of the molecule is C#CCOc1cccc(CN(Cc2ccccc2)CC2CCCO2)c1. The number of nitrogens with zero attached hydrogens (tertiary/aromatic N) is 1. The summed E-state index contributed by atoms with van der Waals surface area (Å²) in [6.07, 6.45) is 7.93. The molecule has 1 heterocycles. The summed E-state index contributed by atoms with van der Waals surface area (Å²) >= 11 is 0. The van der Waals surface area contributed by atoms with Crippen LogP contribution in [-0.4, -0.2) is 30.8 Å². The van der Waals surface area contributed by atoms with Gasteiger partial charge in [-0.2, -0.15) is 0 Å². The molecule has 0 spiro atoms. The molecule has 2 aromatic carbocycles. The summed E-state index contributed by atoms with van der Waals surface area (Å²) in [6.45, 7) is 3.91. The predicted molar refractivity (Wildman–Crippen MR) is 100 cm³/mol. The molecule has 25 heavy (non-hydrogen) atoms. The standard InChI is InChI=1S/C22H25NO2/c1-2-13-24-21-11-6-10-20(15-21)17-23(18-22-12-7-14-25-22)16-19-8-4-3-5-9-19/h1,3-6,8-11,15,22H,7,12-14,16-18H2. The van der Waals surface area contributed by atoms with Gasteiger partial charge >= 0.3 is 0 Å². The minimum absolute atomic E-state index is 0.299. The summed E-state index contributed by atoms with van der Waals surface area (Å²) in [7, 11) is 0. The summed E-state index contributed by atoms with van der Waals surface area (Å²) in [5, 5.41) is 0. The molecule has 1 atom stereocenters. The van der Waals surface area contributed by atoms with Crippen LogP contribution >= 0.6 is 0 Å². The van der Waals surface area contributed by atoms with Crippen LogP contribution in [-0.2, 0) is 17.8 Å². The van der Waals surface area contributed by atoms with E-state index < -0.39 is 0 Å². The number of rotatable bonds is 8. The van der Waals surface area contributed by atoms with Crippen LogP contribution in [0.2, 0.25) is 0 Å². The van der Waals surface area contributed by atoms with Crippen molar-refractivity contribution < 1.29 is 9.47 Å². The van der Waals surface area contributed by atoms with Gasteiger partial charge in [0.15, 0.2) is 0 Å². The molecule has 0 bridgehead atoms. The lowest BCUT2D eigenvalue weighted by Gasteiger charge is -2.25. The third-order valence-electron chi connectivity index (χ3n) is 4.36. The second kappa shape index (κ2) is 9.27. The number of hydrogen-bond donors (Lipinski definition) is 0. The normalized spacial score (nSPS) is 16.7. The van der Waals surface area contributed by atoms with Crippen LogP contribution in [0.1, 0.15) is 24.0 Å². The Morgan fingerprint density at radius 1 is 1.08 bits per heavy atom. The van der Waals surface area contributed by atoms with Crippen LogP contribution in [0.25, 0.3) is 0 Å². The first-order chi connectivity index (χ1) is 12.3. The Bertz CT molecular complexity index is 687. The van der Waals surface area contributed by atoms with E-state index >= 15 is 0 Å². The monoisotopic (exact) mass is 335 g/mol. The average Bonchev–Trinajstić information content (AvgIpc) is 3.14. The number of terminal acetylenes is 1. The van der Waals surface area contributed by atoms with Gasteiger partial charge in [0.25, 0.3) is 0 Å². The first-order valence-electron chi connectivity index (χ1n) is 8.86. The number of hydrogen-bond acceptors (Lipinski definition) is 3. The molecule has 0 N–H and O–H groups in total. The van der Waals surface area contributed by atoms with Gasteiger partial charge in [-0.1, -0.05) is 48.4 Å². The second-order valence-electron chi connectivity index (χ2n) is 6.43. The van der Waals surface area contributed by atoms with Crippen LogP contribution in [0.15, 0.2) is 54.6 Å². The Kier molecular flexibility index (Phi) is 6.50.